The highest BCUT2D eigenvalue weighted by molar-refractivity contribution is 5.77. The summed E-state index contributed by atoms with van der Waals surface area (Å²) >= 11 is 0. The van der Waals surface area contributed by atoms with E-state index in [1.54, 1.807) is 0 Å². The van der Waals surface area contributed by atoms with E-state index in [-0.39, 0.29) is 18.0 Å². The van der Waals surface area contributed by atoms with Crippen molar-refractivity contribution in [1.29, 1.82) is 0 Å². The molecule has 2 atom stereocenters. The molecule has 1 aliphatic heterocycles. The normalized spacial score (nSPS) is 22.9. The Labute approximate surface area is 119 Å². The van der Waals surface area contributed by atoms with E-state index in [0.29, 0.717) is 13.0 Å². The lowest BCUT2D eigenvalue weighted by Crippen LogP contribution is -2.29. The summed E-state index contributed by atoms with van der Waals surface area (Å²) in [5, 5.41) is 6.59. The molecule has 1 aliphatic rings. The van der Waals surface area contributed by atoms with Gasteiger partial charge >= 0.3 is 0 Å². The lowest BCUT2D eigenvalue weighted by Gasteiger charge is -2.22. The Morgan fingerprint density at radius 2 is 1.35 bits per heavy atom. The average molecular weight is 266 g/mol. The van der Waals surface area contributed by atoms with E-state index in [1.165, 1.54) is 5.56 Å². The van der Waals surface area contributed by atoms with Crippen molar-refractivity contribution in [3.05, 3.63) is 71.8 Å². The quantitative estimate of drug-likeness (QED) is 0.877. The highest BCUT2D eigenvalue weighted by atomic mass is 16.1. The predicted molar refractivity (Wildman–Crippen MR) is 79.1 cm³/mol. The van der Waals surface area contributed by atoms with Crippen molar-refractivity contribution in [2.24, 2.45) is 0 Å². The van der Waals surface area contributed by atoms with Crippen molar-refractivity contribution in [3.63, 3.8) is 0 Å². The van der Waals surface area contributed by atoms with E-state index in [2.05, 4.69) is 34.9 Å². The lowest BCUT2D eigenvalue weighted by atomic mass is 10.0. The summed E-state index contributed by atoms with van der Waals surface area (Å²) in [5.74, 6) is 0.102. The Morgan fingerprint density at radius 3 is 1.95 bits per heavy atom. The summed E-state index contributed by atoms with van der Waals surface area (Å²) in [5.41, 5.74) is 2.36. The first-order chi connectivity index (χ1) is 9.83. The first kappa shape index (κ1) is 12.9. The predicted octanol–water partition coefficient (Wildman–Crippen LogP) is 2.58. The Kier molecular flexibility index (Phi) is 3.79. The van der Waals surface area contributed by atoms with Crippen molar-refractivity contribution >= 4 is 5.91 Å². The molecule has 0 unspecified atom stereocenters. The van der Waals surface area contributed by atoms with Crippen LogP contribution in [0, 0.1) is 0 Å². The molecular weight excluding hydrogens is 248 g/mol. The Bertz CT molecular complexity index is 568. The molecule has 0 radical (unpaired) electrons. The van der Waals surface area contributed by atoms with E-state index < -0.39 is 0 Å². The van der Waals surface area contributed by atoms with Gasteiger partial charge in [-0.2, -0.15) is 0 Å². The van der Waals surface area contributed by atoms with Gasteiger partial charge < -0.3 is 10.6 Å². The molecule has 3 rings (SSSR count). The summed E-state index contributed by atoms with van der Waals surface area (Å²) in [7, 11) is 0. The molecule has 0 saturated carbocycles. The summed E-state index contributed by atoms with van der Waals surface area (Å²) in [6, 6.07) is 20.6. The number of benzene rings is 2. The van der Waals surface area contributed by atoms with E-state index in [0.717, 1.165) is 5.56 Å². The molecule has 0 bridgehead atoms. The molecule has 2 aromatic carbocycles. The molecule has 1 fully saturated rings. The van der Waals surface area contributed by atoms with Crippen LogP contribution in [0.15, 0.2) is 60.7 Å². The van der Waals surface area contributed by atoms with Crippen LogP contribution >= 0.6 is 0 Å². The minimum Gasteiger partial charge on any atom is -0.354 e. The molecule has 2 aromatic rings. The summed E-state index contributed by atoms with van der Waals surface area (Å²) in [4.78, 5) is 11.9. The third-order valence-electron chi connectivity index (χ3n) is 3.70. The third kappa shape index (κ3) is 2.89. The Balaban J connectivity index is 1.86. The van der Waals surface area contributed by atoms with Crippen LogP contribution in [0.4, 0.5) is 0 Å². The van der Waals surface area contributed by atoms with Crippen molar-refractivity contribution < 1.29 is 4.79 Å². The van der Waals surface area contributed by atoms with Crippen LogP contribution in [-0.4, -0.2) is 12.5 Å². The number of rotatable bonds is 2. The highest BCUT2D eigenvalue weighted by Crippen LogP contribution is 2.24. The number of hydrogen-bond acceptors (Lipinski definition) is 2. The molecule has 0 aromatic heterocycles. The monoisotopic (exact) mass is 266 g/mol. The second-order valence-corrected chi connectivity index (χ2v) is 5.10. The molecule has 3 heteroatoms. The van der Waals surface area contributed by atoms with Gasteiger partial charge in [0.25, 0.3) is 0 Å². The average Bonchev–Trinajstić information content (AvgIpc) is 2.71. The second kappa shape index (κ2) is 5.88. The van der Waals surface area contributed by atoms with Crippen molar-refractivity contribution in [2.45, 2.75) is 18.5 Å². The Morgan fingerprint density at radius 1 is 0.800 bits per heavy atom. The fraction of sp³-hybridized carbons (Fsp3) is 0.235. The zero-order valence-electron chi connectivity index (χ0n) is 11.3. The van der Waals surface area contributed by atoms with Gasteiger partial charge in [0.05, 0.1) is 6.04 Å². The lowest BCUT2D eigenvalue weighted by molar-refractivity contribution is -0.121. The molecule has 3 nitrogen and oxygen atoms in total. The topological polar surface area (TPSA) is 41.1 Å². The first-order valence-electron chi connectivity index (χ1n) is 6.95. The maximum absolute atomic E-state index is 11.9. The number of amides is 1. The number of carbonyl (C=O) groups is 1. The van der Waals surface area contributed by atoms with Crippen molar-refractivity contribution in [1.82, 2.24) is 10.6 Å². The highest BCUT2D eigenvalue weighted by Gasteiger charge is 2.24. The largest absolute Gasteiger partial charge is 0.354 e. The van der Waals surface area contributed by atoms with Gasteiger partial charge in [0.2, 0.25) is 5.91 Å². The second-order valence-electron chi connectivity index (χ2n) is 5.10. The van der Waals surface area contributed by atoms with Gasteiger partial charge in [-0.15, -0.1) is 0 Å². The minimum absolute atomic E-state index is 0.0592. The van der Waals surface area contributed by atoms with Crippen LogP contribution in [0.5, 0.6) is 0 Å². The molecule has 20 heavy (non-hydrogen) atoms. The smallest absolute Gasteiger partial charge is 0.221 e. The van der Waals surface area contributed by atoms with Crippen LogP contribution < -0.4 is 10.6 Å². The number of carbonyl (C=O) groups excluding carboxylic acids is 1. The standard InChI is InChI=1S/C17H18N2O/c20-17-11-15(13-7-3-1-4-8-13)19-16(12-18-17)14-9-5-2-6-10-14/h1-10,15-16,19H,11-12H2,(H,18,20)/t15-,16+/m0/s1. The van der Waals surface area contributed by atoms with E-state index in [4.69, 9.17) is 0 Å². The maximum Gasteiger partial charge on any atom is 0.221 e. The van der Waals surface area contributed by atoms with Crippen molar-refractivity contribution in [2.75, 3.05) is 6.54 Å². The van der Waals surface area contributed by atoms with Gasteiger partial charge in [0.15, 0.2) is 0 Å². The summed E-state index contributed by atoms with van der Waals surface area (Å²) < 4.78 is 0. The molecular formula is C17H18N2O. The van der Waals surface area contributed by atoms with E-state index in [1.807, 2.05) is 36.4 Å². The van der Waals surface area contributed by atoms with Gasteiger partial charge in [-0.05, 0) is 11.1 Å². The van der Waals surface area contributed by atoms with E-state index >= 15 is 0 Å². The molecule has 0 aliphatic carbocycles. The van der Waals surface area contributed by atoms with Gasteiger partial charge in [0, 0.05) is 19.0 Å². The van der Waals surface area contributed by atoms with E-state index in [9.17, 15) is 4.79 Å². The van der Waals surface area contributed by atoms with Gasteiger partial charge in [-0.3, -0.25) is 4.79 Å². The summed E-state index contributed by atoms with van der Waals surface area (Å²) in [6.45, 7) is 0.631. The SMILES string of the molecule is O=C1C[C@@H](c2ccccc2)N[C@@H](c2ccccc2)CN1. The molecule has 2 N–H and O–H groups in total. The Hall–Kier alpha value is -2.13. The zero-order chi connectivity index (χ0) is 13.8. The van der Waals surface area contributed by atoms with Crippen LogP contribution in [0.2, 0.25) is 0 Å². The zero-order valence-corrected chi connectivity index (χ0v) is 11.3. The molecule has 1 amide bonds. The molecule has 1 heterocycles. The van der Waals surface area contributed by atoms with Gasteiger partial charge in [-0.25, -0.2) is 0 Å². The third-order valence-corrected chi connectivity index (χ3v) is 3.70. The minimum atomic E-state index is 0.0592. The first-order valence-corrected chi connectivity index (χ1v) is 6.95. The van der Waals surface area contributed by atoms with Crippen LogP contribution in [0.1, 0.15) is 29.6 Å². The van der Waals surface area contributed by atoms with Crippen LogP contribution in [-0.2, 0) is 4.79 Å². The maximum atomic E-state index is 11.9. The molecule has 0 spiro atoms. The number of nitrogens with one attached hydrogen (secondary N) is 2. The molecule has 102 valence electrons. The van der Waals surface area contributed by atoms with Gasteiger partial charge in [-0.1, -0.05) is 60.7 Å². The summed E-state index contributed by atoms with van der Waals surface area (Å²) in [6.07, 6.45) is 0.480. The van der Waals surface area contributed by atoms with Crippen LogP contribution in [0.3, 0.4) is 0 Å². The fourth-order valence-corrected chi connectivity index (χ4v) is 2.63. The number of hydrogen-bond donors (Lipinski definition) is 2. The van der Waals surface area contributed by atoms with Crippen LogP contribution in [0.25, 0.3) is 0 Å². The molecule has 1 saturated heterocycles. The van der Waals surface area contributed by atoms with Crippen molar-refractivity contribution in [3.8, 4) is 0 Å². The fourth-order valence-electron chi connectivity index (χ4n) is 2.63. The van der Waals surface area contributed by atoms with Gasteiger partial charge in [0.1, 0.15) is 0 Å².